The van der Waals surface area contributed by atoms with Crippen LogP contribution >= 0.6 is 23.2 Å². The number of carbonyl (C=O) groups excluding carboxylic acids is 1. The first kappa shape index (κ1) is 36.4. The summed E-state index contributed by atoms with van der Waals surface area (Å²) >= 11 is 11.8. The molecule has 0 spiro atoms. The molecule has 0 aliphatic heterocycles. The number of rotatable bonds is 18. The van der Waals surface area contributed by atoms with Crippen LogP contribution < -0.4 is 21.3 Å². The van der Waals surface area contributed by atoms with Gasteiger partial charge in [-0.3, -0.25) is 0 Å². The Morgan fingerprint density at radius 3 is 1.44 bits per heavy atom. The van der Waals surface area contributed by atoms with Crippen molar-refractivity contribution in [1.29, 1.82) is 0 Å². The topological polar surface area (TPSA) is 152 Å². The molecule has 6 aromatic rings. The van der Waals surface area contributed by atoms with Crippen LogP contribution in [0, 0.1) is 0 Å². The number of hydrogen-bond donors (Lipinski definition) is 7. The van der Waals surface area contributed by atoms with E-state index in [1.165, 1.54) is 37.4 Å². The molecule has 10 nitrogen and oxygen atoms in total. The average Bonchev–Trinajstić information content (AvgIpc) is 3.29. The summed E-state index contributed by atoms with van der Waals surface area (Å²) in [5.74, 6) is -1.40. The molecule has 0 saturated heterocycles. The summed E-state index contributed by atoms with van der Waals surface area (Å²) in [5, 5.41) is 42.3. The zero-order valence-electron chi connectivity index (χ0n) is 38.0. The number of carboxylic acid groups (broad SMARTS) is 1. The van der Waals surface area contributed by atoms with Gasteiger partial charge in [0.05, 0.1) is 33.1 Å². The number of esters is 1. The van der Waals surface area contributed by atoms with Crippen molar-refractivity contribution in [2.75, 3.05) is 56.9 Å². The van der Waals surface area contributed by atoms with Gasteiger partial charge < -0.3 is 41.3 Å². The minimum Gasteiger partial charge on any atom is -0.478 e. The molecule has 6 aromatic carbocycles. The molecule has 59 heavy (non-hydrogen) atoms. The van der Waals surface area contributed by atoms with Crippen molar-refractivity contribution < 1.29 is 37.9 Å². The highest BCUT2D eigenvalue weighted by molar-refractivity contribution is 6.30. The molecule has 2 atom stereocenters. The lowest BCUT2D eigenvalue weighted by Gasteiger charge is -2.13. The van der Waals surface area contributed by atoms with Gasteiger partial charge in [-0.25, -0.2) is 9.59 Å². The summed E-state index contributed by atoms with van der Waals surface area (Å²) in [6.45, 7) is -3.90. The predicted octanol–water partition coefficient (Wildman–Crippen LogP) is 8.97. The molecule has 0 radical (unpaired) electrons. The van der Waals surface area contributed by atoms with Crippen LogP contribution in [0.25, 0.3) is 22.3 Å². The summed E-state index contributed by atoms with van der Waals surface area (Å²) in [6.07, 6.45) is -5.06. The minimum atomic E-state index is -2.53. The maximum absolute atomic E-state index is 11.8. The van der Waals surface area contributed by atoms with E-state index in [9.17, 15) is 24.9 Å². The minimum absolute atomic E-state index is 0.0479. The lowest BCUT2D eigenvalue weighted by molar-refractivity contribution is 0.0599. The Labute approximate surface area is 363 Å². The molecule has 0 bridgehead atoms. The Balaban J connectivity index is 0.000000244. The number of carbonyl (C=O) groups is 2. The number of halogens is 2. The van der Waals surface area contributed by atoms with Gasteiger partial charge >= 0.3 is 11.9 Å². The van der Waals surface area contributed by atoms with Crippen molar-refractivity contribution in [2.45, 2.75) is 12.2 Å². The molecule has 7 N–H and O–H groups in total. The number of ether oxygens (including phenoxy) is 1. The smallest absolute Gasteiger partial charge is 0.337 e. The highest BCUT2D eigenvalue weighted by Gasteiger charge is 2.10. The van der Waals surface area contributed by atoms with Crippen molar-refractivity contribution in [1.82, 2.24) is 10.6 Å². The van der Waals surface area contributed by atoms with Gasteiger partial charge in [-0.2, -0.15) is 0 Å². The van der Waals surface area contributed by atoms with Crippen LogP contribution in [0.2, 0.25) is 10.0 Å². The third-order valence-corrected chi connectivity index (χ3v) is 9.02. The molecule has 12 heteroatoms. The molecular formula is C47H48Cl2N4O6. The van der Waals surface area contributed by atoms with Crippen LogP contribution in [0.4, 0.5) is 11.4 Å². The number of methoxy groups -OCH3 is 1. The highest BCUT2D eigenvalue weighted by Crippen LogP contribution is 2.25. The van der Waals surface area contributed by atoms with Crippen LogP contribution in [0.15, 0.2) is 146 Å². The SMILES string of the molecule is [2H]C([2H])(NCCNc1cccc(-c2cccc(C(=O)O)c2)c1)[C@]([2H])(O)c1cccc(Cl)c1.[2H]C([2H])(NCCNc1cccc(-c2cccc(C(=O)OC)c2)c1)[C@]([2H])(O)c1cccc(Cl)c1. The summed E-state index contributed by atoms with van der Waals surface area (Å²) in [6, 6.07) is 40.7. The number of hydrogen-bond acceptors (Lipinski definition) is 9. The number of aliphatic hydroxyl groups is 2. The highest BCUT2D eigenvalue weighted by atomic mass is 35.5. The largest absolute Gasteiger partial charge is 0.478 e. The molecule has 6 rings (SSSR count). The summed E-state index contributed by atoms with van der Waals surface area (Å²) in [4.78, 5) is 23.0. The van der Waals surface area contributed by atoms with Crippen molar-refractivity contribution in [2.24, 2.45) is 0 Å². The van der Waals surface area contributed by atoms with Gasteiger partial charge in [0, 0.05) is 66.1 Å². The van der Waals surface area contributed by atoms with Crippen LogP contribution in [-0.2, 0) is 4.74 Å². The van der Waals surface area contributed by atoms with Gasteiger partial charge in [-0.05, 0) is 106 Å². The molecule has 0 unspecified atom stereocenters. The van der Waals surface area contributed by atoms with Gasteiger partial charge in [0.2, 0.25) is 0 Å². The molecule has 0 aliphatic carbocycles. The van der Waals surface area contributed by atoms with E-state index in [-0.39, 0.29) is 29.8 Å². The van der Waals surface area contributed by atoms with Crippen LogP contribution in [0.3, 0.4) is 0 Å². The lowest BCUT2D eigenvalue weighted by Crippen LogP contribution is -2.26. The fourth-order valence-corrected chi connectivity index (χ4v) is 6.02. The molecule has 0 saturated carbocycles. The monoisotopic (exact) mass is 840 g/mol. The Morgan fingerprint density at radius 1 is 0.593 bits per heavy atom. The Kier molecular flexibility index (Phi) is 14.2. The normalized spacial score (nSPS) is 14.8. The van der Waals surface area contributed by atoms with E-state index < -0.39 is 37.1 Å². The van der Waals surface area contributed by atoms with Crippen molar-refractivity contribution in [3.63, 3.8) is 0 Å². The number of nitrogens with one attached hydrogen (secondary N) is 4. The Morgan fingerprint density at radius 2 is 1.00 bits per heavy atom. The fourth-order valence-electron chi connectivity index (χ4n) is 5.64. The summed E-state index contributed by atoms with van der Waals surface area (Å²) in [7, 11) is 1.34. The molecule has 0 fully saturated rings. The molecule has 0 amide bonds. The van der Waals surface area contributed by atoms with E-state index in [0.29, 0.717) is 28.7 Å². The molecule has 0 aromatic heterocycles. The maximum Gasteiger partial charge on any atom is 0.337 e. The zero-order chi connectivity index (χ0) is 47.4. The zero-order valence-corrected chi connectivity index (χ0v) is 33.5. The number of anilines is 2. The van der Waals surface area contributed by atoms with Gasteiger partial charge in [0.1, 0.15) is 0 Å². The standard InChI is InChI=1S/C24H25ClN2O3.C23H23ClN2O3/c1-30-24(29)20-8-2-5-17(13-20)18-6-4-10-22(15-18)27-12-11-26-16-23(28)19-7-3-9-21(25)14-19;24-20-8-2-6-18(13-20)22(27)15-25-10-11-26-21-9-3-5-17(14-21)16-4-1-7-19(12-16)23(28)29/h2-10,13-15,23,26-28H,11-12,16H2,1H3;1-9,12-14,22,25-27H,10-11,15H2,(H,28,29)/t23-;22-/m00/s1/i16D2,23D;15D2,22D. The molecule has 0 heterocycles. The molecular weight excluding hydrogens is 787 g/mol. The van der Waals surface area contributed by atoms with Gasteiger partial charge in [0.15, 0.2) is 0 Å². The second-order valence-electron chi connectivity index (χ2n) is 12.8. The van der Waals surface area contributed by atoms with Crippen molar-refractivity contribution in [3.05, 3.63) is 178 Å². The predicted molar refractivity (Wildman–Crippen MR) is 238 cm³/mol. The quantitative estimate of drug-likeness (QED) is 0.0330. The first-order valence-corrected chi connectivity index (χ1v) is 19.2. The van der Waals surface area contributed by atoms with E-state index in [1.54, 1.807) is 54.6 Å². The van der Waals surface area contributed by atoms with Crippen molar-refractivity contribution in [3.8, 4) is 22.3 Å². The maximum atomic E-state index is 11.8. The van der Waals surface area contributed by atoms with E-state index >= 15 is 0 Å². The first-order chi connectivity index (χ1) is 30.7. The van der Waals surface area contributed by atoms with E-state index in [1.807, 2.05) is 60.7 Å². The Bertz CT molecular complexity index is 2590. The van der Waals surface area contributed by atoms with Crippen LogP contribution in [0.1, 0.15) is 52.2 Å². The Hall–Kier alpha value is -5.72. The number of benzene rings is 6. The van der Waals surface area contributed by atoms with Crippen LogP contribution in [0.5, 0.6) is 0 Å². The third kappa shape index (κ3) is 14.3. The fraction of sp³-hybridized carbons (Fsp3) is 0.191. The second-order valence-corrected chi connectivity index (χ2v) is 13.7. The third-order valence-electron chi connectivity index (χ3n) is 8.55. The van der Waals surface area contributed by atoms with E-state index in [4.69, 9.17) is 36.2 Å². The van der Waals surface area contributed by atoms with Gasteiger partial charge in [0.25, 0.3) is 0 Å². The number of aromatic carboxylic acids is 1. The second kappa shape index (κ2) is 23.0. The summed E-state index contributed by atoms with van der Waals surface area (Å²) in [5.41, 5.74) is 5.70. The van der Waals surface area contributed by atoms with Gasteiger partial charge in [-0.15, -0.1) is 0 Å². The summed E-state index contributed by atoms with van der Waals surface area (Å²) < 4.78 is 53.6. The van der Waals surface area contributed by atoms with E-state index in [2.05, 4.69) is 21.3 Å². The van der Waals surface area contributed by atoms with Gasteiger partial charge in [-0.1, -0.05) is 96.0 Å². The molecule has 306 valence electrons. The van der Waals surface area contributed by atoms with Crippen molar-refractivity contribution >= 4 is 46.5 Å². The van der Waals surface area contributed by atoms with Crippen LogP contribution in [-0.4, -0.2) is 73.5 Å². The average molecular weight is 842 g/mol. The molecule has 0 aliphatic rings. The van der Waals surface area contributed by atoms with E-state index in [0.717, 1.165) is 33.6 Å². The number of carboxylic acids is 1. The first-order valence-electron chi connectivity index (χ1n) is 21.4. The lowest BCUT2D eigenvalue weighted by atomic mass is 10.0.